The van der Waals surface area contributed by atoms with Crippen molar-refractivity contribution in [2.45, 2.75) is 73.1 Å². The van der Waals surface area contributed by atoms with Crippen LogP contribution in [-0.2, 0) is 22.8 Å². The van der Waals surface area contributed by atoms with Gasteiger partial charge in [0.15, 0.2) is 0 Å². The van der Waals surface area contributed by atoms with Crippen molar-refractivity contribution >= 4 is 14.8 Å². The van der Waals surface area contributed by atoms with Crippen molar-refractivity contribution in [1.82, 2.24) is 0 Å². The molecule has 0 aromatic carbocycles. The van der Waals surface area contributed by atoms with Crippen molar-refractivity contribution in [2.24, 2.45) is 0 Å². The Balaban J connectivity index is 4.45. The van der Waals surface area contributed by atoms with Crippen LogP contribution in [0.15, 0.2) is 11.3 Å². The van der Waals surface area contributed by atoms with Gasteiger partial charge in [-0.05, 0) is 39.8 Å². The minimum Gasteiger partial charge on any atom is -0.462 e. The van der Waals surface area contributed by atoms with Crippen LogP contribution in [0.3, 0.4) is 0 Å². The summed E-state index contributed by atoms with van der Waals surface area (Å²) in [5.74, 6) is -0.320. The smallest absolute Gasteiger partial charge is 0.462 e. The van der Waals surface area contributed by atoms with Crippen molar-refractivity contribution in [3.8, 4) is 0 Å². The van der Waals surface area contributed by atoms with Crippen LogP contribution in [0.2, 0.25) is 0 Å². The van der Waals surface area contributed by atoms with Crippen LogP contribution in [0.25, 0.3) is 0 Å². The summed E-state index contributed by atoms with van der Waals surface area (Å²) in [6.07, 6.45) is 6.99. The fourth-order valence-electron chi connectivity index (χ4n) is 2.34. The number of ether oxygens (including phenoxy) is 1. The van der Waals surface area contributed by atoms with Gasteiger partial charge in [0.2, 0.25) is 0 Å². The maximum Gasteiger partial charge on any atom is 0.530 e. The first-order chi connectivity index (χ1) is 11.5. The van der Waals surface area contributed by atoms with Crippen LogP contribution >= 0.6 is 0 Å². The van der Waals surface area contributed by atoms with E-state index in [-0.39, 0.29) is 5.97 Å². The zero-order valence-electron chi connectivity index (χ0n) is 16.2. The number of rotatable bonds is 15. The first-order valence-electron chi connectivity index (χ1n) is 9.33. The highest BCUT2D eigenvalue weighted by molar-refractivity contribution is 6.66. The zero-order valence-corrected chi connectivity index (χ0v) is 17.2. The molecule has 0 N–H and O–H groups in total. The normalized spacial score (nSPS) is 12.5. The molecule has 0 bridgehead atoms. The molecule has 0 saturated carbocycles. The summed E-state index contributed by atoms with van der Waals surface area (Å²) in [7, 11) is -2.95. The molecule has 0 aliphatic heterocycles. The SMILES string of the molecule is CCCCCCCCOC(=O)C(C)=C[Si](OCC)(OCC)OCC. The third kappa shape index (κ3) is 10.2. The first-order valence-corrected chi connectivity index (χ1v) is 11.1. The fourth-order valence-corrected chi connectivity index (χ4v) is 4.69. The molecule has 0 spiro atoms. The van der Waals surface area contributed by atoms with Gasteiger partial charge < -0.3 is 18.0 Å². The molecule has 0 aliphatic carbocycles. The Morgan fingerprint density at radius 1 is 0.833 bits per heavy atom. The second-order valence-corrected chi connectivity index (χ2v) is 8.00. The Labute approximate surface area is 149 Å². The summed E-state index contributed by atoms with van der Waals surface area (Å²) in [6, 6.07) is 0. The second-order valence-electron chi connectivity index (χ2n) is 5.63. The van der Waals surface area contributed by atoms with E-state index >= 15 is 0 Å². The van der Waals surface area contributed by atoms with Crippen molar-refractivity contribution in [3.05, 3.63) is 11.3 Å². The van der Waals surface area contributed by atoms with E-state index in [0.29, 0.717) is 32.0 Å². The Kier molecular flexibility index (Phi) is 14.2. The molecule has 0 aromatic rings. The van der Waals surface area contributed by atoms with Crippen LogP contribution in [0, 0.1) is 0 Å². The molecule has 0 aromatic heterocycles. The van der Waals surface area contributed by atoms with Crippen LogP contribution in [-0.4, -0.2) is 41.2 Å². The van der Waals surface area contributed by atoms with Crippen LogP contribution in [0.1, 0.15) is 73.1 Å². The van der Waals surface area contributed by atoms with E-state index in [1.165, 1.54) is 25.7 Å². The van der Waals surface area contributed by atoms with Crippen molar-refractivity contribution in [1.29, 1.82) is 0 Å². The largest absolute Gasteiger partial charge is 0.530 e. The van der Waals surface area contributed by atoms with Crippen molar-refractivity contribution in [3.63, 3.8) is 0 Å². The maximum atomic E-state index is 12.1. The number of unbranched alkanes of at least 4 members (excludes halogenated alkanes) is 5. The molecule has 0 heterocycles. The topological polar surface area (TPSA) is 54.0 Å². The molecule has 5 nitrogen and oxygen atoms in total. The lowest BCUT2D eigenvalue weighted by atomic mass is 10.1. The average Bonchev–Trinajstić information content (AvgIpc) is 2.54. The van der Waals surface area contributed by atoms with Crippen molar-refractivity contribution < 1.29 is 22.8 Å². The molecule has 0 fully saturated rings. The van der Waals surface area contributed by atoms with Gasteiger partial charge in [-0.1, -0.05) is 39.0 Å². The number of hydrogen-bond acceptors (Lipinski definition) is 5. The Morgan fingerprint density at radius 3 is 1.83 bits per heavy atom. The van der Waals surface area contributed by atoms with Crippen molar-refractivity contribution in [2.75, 3.05) is 26.4 Å². The van der Waals surface area contributed by atoms with Gasteiger partial charge in [-0.2, -0.15) is 0 Å². The lowest BCUT2D eigenvalue weighted by Gasteiger charge is -2.25. The third-order valence-electron chi connectivity index (χ3n) is 3.48. The van der Waals surface area contributed by atoms with E-state index in [2.05, 4.69) is 6.92 Å². The molecule has 24 heavy (non-hydrogen) atoms. The molecule has 0 aliphatic rings. The maximum absolute atomic E-state index is 12.1. The van der Waals surface area contributed by atoms with Gasteiger partial charge >= 0.3 is 14.8 Å². The van der Waals surface area contributed by atoms with Gasteiger partial charge in [-0.25, -0.2) is 4.79 Å². The lowest BCUT2D eigenvalue weighted by molar-refractivity contribution is -0.139. The van der Waals surface area contributed by atoms with Gasteiger partial charge in [0.1, 0.15) is 0 Å². The molecule has 6 heteroatoms. The standard InChI is InChI=1S/C18H36O5Si/c1-6-10-11-12-13-14-15-20-18(19)17(5)16-24(21-7-2,22-8-3)23-9-4/h16H,6-15H2,1-5H3. The summed E-state index contributed by atoms with van der Waals surface area (Å²) in [6.45, 7) is 11.5. The Hall–Kier alpha value is -0.693. The molecule has 0 radical (unpaired) electrons. The number of hydrogen-bond donors (Lipinski definition) is 0. The predicted molar refractivity (Wildman–Crippen MR) is 98.7 cm³/mol. The molecule has 0 unspecified atom stereocenters. The van der Waals surface area contributed by atoms with E-state index in [0.717, 1.165) is 12.8 Å². The quantitative estimate of drug-likeness (QED) is 0.187. The molecule has 0 rings (SSSR count). The van der Waals surface area contributed by atoms with E-state index in [9.17, 15) is 4.79 Å². The van der Waals surface area contributed by atoms with E-state index in [4.69, 9.17) is 18.0 Å². The summed E-state index contributed by atoms with van der Waals surface area (Å²) < 4.78 is 22.5. The first kappa shape index (κ1) is 23.3. The molecular weight excluding hydrogens is 324 g/mol. The van der Waals surface area contributed by atoms with Gasteiger partial charge in [-0.15, -0.1) is 0 Å². The van der Waals surface area contributed by atoms with E-state index in [1.54, 1.807) is 12.6 Å². The lowest BCUT2D eigenvalue weighted by Crippen LogP contribution is -2.45. The van der Waals surface area contributed by atoms with Gasteiger partial charge in [0.25, 0.3) is 0 Å². The second kappa shape index (κ2) is 14.6. The van der Waals surface area contributed by atoms with Gasteiger partial charge in [0, 0.05) is 25.4 Å². The summed E-state index contributed by atoms with van der Waals surface area (Å²) in [5, 5.41) is 0. The molecule has 0 saturated heterocycles. The minimum absolute atomic E-state index is 0.320. The summed E-state index contributed by atoms with van der Waals surface area (Å²) >= 11 is 0. The number of carbonyl (C=O) groups excluding carboxylic acids is 1. The predicted octanol–water partition coefficient (Wildman–Crippen LogP) is 4.42. The van der Waals surface area contributed by atoms with Crippen LogP contribution in [0.5, 0.6) is 0 Å². The Bertz CT molecular complexity index is 340. The molecule has 0 amide bonds. The van der Waals surface area contributed by atoms with Crippen LogP contribution in [0.4, 0.5) is 0 Å². The summed E-state index contributed by atoms with van der Waals surface area (Å²) in [4.78, 5) is 12.1. The third-order valence-corrected chi connectivity index (χ3v) is 6.34. The monoisotopic (exact) mass is 360 g/mol. The fraction of sp³-hybridized carbons (Fsp3) is 0.833. The highest BCUT2D eigenvalue weighted by Crippen LogP contribution is 2.15. The van der Waals surface area contributed by atoms with Gasteiger partial charge in [-0.3, -0.25) is 0 Å². The van der Waals surface area contributed by atoms with Crippen LogP contribution < -0.4 is 0 Å². The highest BCUT2D eigenvalue weighted by Gasteiger charge is 2.39. The van der Waals surface area contributed by atoms with Gasteiger partial charge in [0.05, 0.1) is 6.61 Å². The summed E-state index contributed by atoms with van der Waals surface area (Å²) in [5.41, 5.74) is 2.19. The van der Waals surface area contributed by atoms with E-state index in [1.807, 2.05) is 20.8 Å². The zero-order chi connectivity index (χ0) is 18.3. The molecule has 0 atom stereocenters. The average molecular weight is 361 g/mol. The number of carbonyl (C=O) groups is 1. The molecular formula is C18H36O5Si. The molecule has 142 valence electrons. The van der Waals surface area contributed by atoms with E-state index < -0.39 is 8.80 Å². The Morgan fingerprint density at radius 2 is 1.33 bits per heavy atom. The number of esters is 1. The minimum atomic E-state index is -2.95. The highest BCUT2D eigenvalue weighted by atomic mass is 28.4.